The zero-order valence-corrected chi connectivity index (χ0v) is 11.8. The van der Waals surface area contributed by atoms with Gasteiger partial charge in [0.25, 0.3) is 0 Å². The predicted octanol–water partition coefficient (Wildman–Crippen LogP) is 2.06. The average molecular weight is 242 g/mol. The first-order valence-electron chi connectivity index (χ1n) is 6.57. The number of nitrogens with zero attached hydrogens (tertiary/aromatic N) is 1. The summed E-state index contributed by atoms with van der Waals surface area (Å²) in [5.74, 6) is 3.53. The van der Waals surface area contributed by atoms with Crippen LogP contribution in [0.15, 0.2) is 0 Å². The third kappa shape index (κ3) is 3.14. The van der Waals surface area contributed by atoms with Crippen LogP contribution in [0.1, 0.15) is 26.7 Å². The van der Waals surface area contributed by atoms with E-state index in [0.717, 1.165) is 12.0 Å². The Hall–Kier alpha value is 0.270. The Balaban J connectivity index is 1.76. The van der Waals surface area contributed by atoms with Crippen molar-refractivity contribution < 1.29 is 0 Å². The van der Waals surface area contributed by atoms with Crippen LogP contribution in [0.3, 0.4) is 0 Å². The predicted molar refractivity (Wildman–Crippen MR) is 73.1 cm³/mol. The molecule has 0 aromatic rings. The zero-order chi connectivity index (χ0) is 11.6. The summed E-state index contributed by atoms with van der Waals surface area (Å²) in [5, 5.41) is 3.83. The number of rotatable bonds is 3. The van der Waals surface area contributed by atoms with Crippen molar-refractivity contribution in [1.29, 1.82) is 0 Å². The van der Waals surface area contributed by atoms with Crippen LogP contribution in [0.2, 0.25) is 0 Å². The molecule has 1 N–H and O–H groups in total. The van der Waals surface area contributed by atoms with E-state index in [-0.39, 0.29) is 0 Å². The van der Waals surface area contributed by atoms with Crippen LogP contribution in [-0.4, -0.2) is 49.1 Å². The third-order valence-electron chi connectivity index (χ3n) is 4.26. The van der Waals surface area contributed by atoms with Gasteiger partial charge in [-0.05, 0) is 50.1 Å². The van der Waals surface area contributed by atoms with Crippen LogP contribution in [0.4, 0.5) is 0 Å². The molecule has 94 valence electrons. The lowest BCUT2D eigenvalue weighted by Gasteiger charge is -2.39. The lowest BCUT2D eigenvalue weighted by atomic mass is 9.82. The molecule has 2 aliphatic rings. The number of nitrogens with one attached hydrogen (secondary N) is 1. The molecule has 0 bridgehead atoms. The van der Waals surface area contributed by atoms with Crippen LogP contribution in [0.25, 0.3) is 0 Å². The fraction of sp³-hybridized carbons (Fsp3) is 1.00. The van der Waals surface area contributed by atoms with Crippen molar-refractivity contribution in [2.45, 2.75) is 32.7 Å². The molecule has 0 aromatic heterocycles. The molecule has 0 spiro atoms. The molecule has 2 saturated heterocycles. The van der Waals surface area contributed by atoms with Gasteiger partial charge in [-0.25, -0.2) is 0 Å². The number of likely N-dealkylation sites (tertiary alicyclic amines) is 1. The minimum atomic E-state index is 0.496. The van der Waals surface area contributed by atoms with E-state index in [1.54, 1.807) is 0 Å². The van der Waals surface area contributed by atoms with Crippen LogP contribution < -0.4 is 5.32 Å². The van der Waals surface area contributed by atoms with Crippen molar-refractivity contribution in [3.8, 4) is 0 Å². The molecule has 2 heterocycles. The molecule has 2 rings (SSSR count). The summed E-state index contributed by atoms with van der Waals surface area (Å²) in [7, 11) is 2.24. The van der Waals surface area contributed by atoms with Gasteiger partial charge in [-0.3, -0.25) is 0 Å². The Morgan fingerprint density at radius 2 is 2.25 bits per heavy atom. The highest BCUT2D eigenvalue weighted by atomic mass is 32.2. The average Bonchev–Trinajstić information content (AvgIpc) is 2.62. The highest BCUT2D eigenvalue weighted by Gasteiger charge is 2.32. The van der Waals surface area contributed by atoms with E-state index in [1.165, 1.54) is 44.0 Å². The van der Waals surface area contributed by atoms with Crippen LogP contribution >= 0.6 is 11.8 Å². The Labute approximate surface area is 105 Å². The largest absolute Gasteiger partial charge is 0.312 e. The number of hydrogen-bond donors (Lipinski definition) is 1. The second kappa shape index (κ2) is 5.28. The third-order valence-corrected chi connectivity index (χ3v) is 5.32. The summed E-state index contributed by atoms with van der Waals surface area (Å²) in [6.07, 6.45) is 2.74. The molecular formula is C13H26N2S. The lowest BCUT2D eigenvalue weighted by molar-refractivity contribution is 0.236. The number of hydrogen-bond acceptors (Lipinski definition) is 3. The standard InChI is InChI=1S/C13H26N2S/c1-13(2)5-7-16-10-12(13)14-8-11-4-6-15(3)9-11/h11-12,14H,4-10H2,1-3H3. The molecular weight excluding hydrogens is 216 g/mol. The van der Waals surface area contributed by atoms with E-state index in [1.807, 2.05) is 0 Å². The van der Waals surface area contributed by atoms with E-state index >= 15 is 0 Å². The van der Waals surface area contributed by atoms with Gasteiger partial charge in [-0.2, -0.15) is 11.8 Å². The monoisotopic (exact) mass is 242 g/mol. The topological polar surface area (TPSA) is 15.3 Å². The van der Waals surface area contributed by atoms with Crippen LogP contribution in [0.5, 0.6) is 0 Å². The maximum Gasteiger partial charge on any atom is 0.0209 e. The Kier molecular flexibility index (Phi) is 4.20. The molecule has 2 atom stereocenters. The fourth-order valence-corrected chi connectivity index (χ4v) is 4.42. The maximum absolute atomic E-state index is 3.83. The van der Waals surface area contributed by atoms with Gasteiger partial charge < -0.3 is 10.2 Å². The van der Waals surface area contributed by atoms with Crippen molar-refractivity contribution >= 4 is 11.8 Å². The summed E-state index contributed by atoms with van der Waals surface area (Å²) in [6, 6.07) is 0.720. The first-order chi connectivity index (χ1) is 7.58. The minimum absolute atomic E-state index is 0.496. The van der Waals surface area contributed by atoms with E-state index < -0.39 is 0 Å². The lowest BCUT2D eigenvalue weighted by Crippen LogP contribution is -2.48. The van der Waals surface area contributed by atoms with E-state index in [9.17, 15) is 0 Å². The van der Waals surface area contributed by atoms with Crippen molar-refractivity contribution in [2.75, 3.05) is 38.2 Å². The van der Waals surface area contributed by atoms with Gasteiger partial charge in [0.05, 0.1) is 0 Å². The molecule has 3 heteroatoms. The van der Waals surface area contributed by atoms with Crippen LogP contribution in [-0.2, 0) is 0 Å². The minimum Gasteiger partial charge on any atom is -0.312 e. The quantitative estimate of drug-likeness (QED) is 0.815. The first-order valence-corrected chi connectivity index (χ1v) is 7.73. The van der Waals surface area contributed by atoms with E-state index in [2.05, 4.69) is 42.9 Å². The van der Waals surface area contributed by atoms with E-state index in [4.69, 9.17) is 0 Å². The molecule has 16 heavy (non-hydrogen) atoms. The van der Waals surface area contributed by atoms with Gasteiger partial charge in [0.2, 0.25) is 0 Å². The SMILES string of the molecule is CN1CCC(CNC2CSCCC2(C)C)C1. The maximum atomic E-state index is 3.83. The molecule has 0 aliphatic carbocycles. The van der Waals surface area contributed by atoms with Crippen molar-refractivity contribution in [3.05, 3.63) is 0 Å². The second-order valence-electron chi connectivity index (χ2n) is 6.19. The van der Waals surface area contributed by atoms with Gasteiger partial charge >= 0.3 is 0 Å². The Morgan fingerprint density at radius 1 is 1.44 bits per heavy atom. The van der Waals surface area contributed by atoms with Gasteiger partial charge in [-0.1, -0.05) is 13.8 Å². The zero-order valence-electron chi connectivity index (χ0n) is 11.0. The normalized spacial score (nSPS) is 35.4. The van der Waals surface area contributed by atoms with Gasteiger partial charge in [0.1, 0.15) is 0 Å². The summed E-state index contributed by atoms with van der Waals surface area (Å²) >= 11 is 2.12. The van der Waals surface area contributed by atoms with Gasteiger partial charge in [0.15, 0.2) is 0 Å². The van der Waals surface area contributed by atoms with Crippen LogP contribution in [0, 0.1) is 11.3 Å². The number of thioether (sulfide) groups is 1. The molecule has 0 saturated carbocycles. The van der Waals surface area contributed by atoms with E-state index in [0.29, 0.717) is 5.41 Å². The van der Waals surface area contributed by atoms with Crippen molar-refractivity contribution in [1.82, 2.24) is 10.2 Å². The first kappa shape index (κ1) is 12.7. The Bertz CT molecular complexity index is 230. The summed E-state index contributed by atoms with van der Waals surface area (Å²) < 4.78 is 0. The summed E-state index contributed by atoms with van der Waals surface area (Å²) in [4.78, 5) is 2.45. The summed E-state index contributed by atoms with van der Waals surface area (Å²) in [5.41, 5.74) is 0.496. The van der Waals surface area contributed by atoms with Crippen molar-refractivity contribution in [3.63, 3.8) is 0 Å². The molecule has 2 nitrogen and oxygen atoms in total. The fourth-order valence-electron chi connectivity index (χ4n) is 2.77. The highest BCUT2D eigenvalue weighted by molar-refractivity contribution is 7.99. The second-order valence-corrected chi connectivity index (χ2v) is 7.34. The molecule has 0 radical (unpaired) electrons. The smallest absolute Gasteiger partial charge is 0.0209 e. The highest BCUT2D eigenvalue weighted by Crippen LogP contribution is 2.34. The van der Waals surface area contributed by atoms with Crippen molar-refractivity contribution in [2.24, 2.45) is 11.3 Å². The molecule has 0 aromatic carbocycles. The molecule has 2 fully saturated rings. The van der Waals surface area contributed by atoms with Gasteiger partial charge in [-0.15, -0.1) is 0 Å². The molecule has 2 aliphatic heterocycles. The molecule has 0 amide bonds. The molecule has 2 unspecified atom stereocenters. The summed E-state index contributed by atoms with van der Waals surface area (Å²) in [6.45, 7) is 8.64. The van der Waals surface area contributed by atoms with Gasteiger partial charge in [0, 0.05) is 18.3 Å². The Morgan fingerprint density at radius 3 is 2.88 bits per heavy atom.